The maximum Gasteiger partial charge on any atom is 0.272 e. The summed E-state index contributed by atoms with van der Waals surface area (Å²) in [6.45, 7) is 6.55. The highest BCUT2D eigenvalue weighted by Gasteiger charge is 2.37. The summed E-state index contributed by atoms with van der Waals surface area (Å²) in [6.07, 6.45) is 2.18. The number of likely N-dealkylation sites (N-methyl/N-ethyl adjacent to an activating group) is 1. The molecule has 0 spiro atoms. The monoisotopic (exact) mass is 319 g/mol. The third kappa shape index (κ3) is 2.88. The van der Waals surface area contributed by atoms with Crippen LogP contribution in [0.1, 0.15) is 35.1 Å². The maximum absolute atomic E-state index is 12.6. The Morgan fingerprint density at radius 1 is 1.43 bits per heavy atom. The molecule has 2 fully saturated rings. The number of carbonyl (C=O) groups excluding carboxylic acids is 1. The number of amides is 1. The first-order valence-corrected chi connectivity index (χ1v) is 8.51. The second-order valence-electron chi connectivity index (χ2n) is 7.17. The average Bonchev–Trinajstić information content (AvgIpc) is 3.09. The quantitative estimate of drug-likeness (QED) is 0.802. The number of morpholine rings is 1. The summed E-state index contributed by atoms with van der Waals surface area (Å²) in [5.74, 6) is -0.0448. The highest BCUT2D eigenvalue weighted by molar-refractivity contribution is 5.94. The highest BCUT2D eigenvalue weighted by Crippen LogP contribution is 2.24. The molecule has 0 saturated carbocycles. The predicted molar refractivity (Wildman–Crippen MR) is 85.3 cm³/mol. The summed E-state index contributed by atoms with van der Waals surface area (Å²) >= 11 is 0. The van der Waals surface area contributed by atoms with Crippen molar-refractivity contribution in [2.45, 2.75) is 44.5 Å². The normalized spacial score (nSPS) is 31.7. The van der Waals surface area contributed by atoms with E-state index in [1.54, 1.807) is 0 Å². The summed E-state index contributed by atoms with van der Waals surface area (Å²) in [6, 6.07) is 0.630. The molecule has 3 aliphatic rings. The Morgan fingerprint density at radius 2 is 2.30 bits per heavy atom. The van der Waals surface area contributed by atoms with Crippen molar-refractivity contribution in [1.82, 2.24) is 25.3 Å². The third-order valence-corrected chi connectivity index (χ3v) is 5.27. The SMILES string of the molecule is C[C@@H]1CN2C[C@@H](NC(=O)c3n[nH]c4c3CN(C)CC4)C[C@H]2CO1. The predicted octanol–water partition coefficient (Wildman–Crippen LogP) is -0.0110. The fourth-order valence-corrected chi connectivity index (χ4v) is 4.02. The Balaban J connectivity index is 1.42. The lowest BCUT2D eigenvalue weighted by atomic mass is 10.1. The lowest BCUT2D eigenvalue weighted by Crippen LogP contribution is -2.45. The molecule has 1 aromatic heterocycles. The van der Waals surface area contributed by atoms with Gasteiger partial charge in [0.05, 0.1) is 12.7 Å². The Kier molecular flexibility index (Phi) is 3.87. The lowest BCUT2D eigenvalue weighted by Gasteiger charge is -2.33. The Bertz CT molecular complexity index is 601. The number of hydrogen-bond acceptors (Lipinski definition) is 5. The van der Waals surface area contributed by atoms with Crippen molar-refractivity contribution in [3.8, 4) is 0 Å². The van der Waals surface area contributed by atoms with Crippen LogP contribution in [0, 0.1) is 0 Å². The smallest absolute Gasteiger partial charge is 0.272 e. The van der Waals surface area contributed by atoms with Gasteiger partial charge in [0.15, 0.2) is 5.69 Å². The topological polar surface area (TPSA) is 73.5 Å². The molecule has 0 bridgehead atoms. The summed E-state index contributed by atoms with van der Waals surface area (Å²) < 4.78 is 5.73. The summed E-state index contributed by atoms with van der Waals surface area (Å²) in [5.41, 5.74) is 2.74. The number of rotatable bonds is 2. The third-order valence-electron chi connectivity index (χ3n) is 5.27. The second-order valence-corrected chi connectivity index (χ2v) is 7.17. The molecule has 2 saturated heterocycles. The molecule has 23 heavy (non-hydrogen) atoms. The molecule has 0 aliphatic carbocycles. The number of hydrogen-bond donors (Lipinski definition) is 2. The minimum absolute atomic E-state index is 0.0448. The van der Waals surface area contributed by atoms with Crippen molar-refractivity contribution < 1.29 is 9.53 Å². The molecular weight excluding hydrogens is 294 g/mol. The first-order valence-electron chi connectivity index (χ1n) is 8.51. The Morgan fingerprint density at radius 3 is 3.17 bits per heavy atom. The number of nitrogens with zero attached hydrogens (tertiary/aromatic N) is 3. The van der Waals surface area contributed by atoms with Gasteiger partial charge in [-0.1, -0.05) is 0 Å². The van der Waals surface area contributed by atoms with Crippen molar-refractivity contribution in [3.05, 3.63) is 17.0 Å². The summed E-state index contributed by atoms with van der Waals surface area (Å²) in [7, 11) is 2.08. The van der Waals surface area contributed by atoms with E-state index in [2.05, 4.69) is 39.3 Å². The van der Waals surface area contributed by atoms with Crippen molar-refractivity contribution in [2.75, 3.05) is 33.3 Å². The molecule has 1 amide bonds. The number of fused-ring (bicyclic) bond motifs is 2. The minimum Gasteiger partial charge on any atom is -0.376 e. The van der Waals surface area contributed by atoms with Gasteiger partial charge in [0.25, 0.3) is 5.91 Å². The van der Waals surface area contributed by atoms with Crippen LogP contribution in [0.4, 0.5) is 0 Å². The highest BCUT2D eigenvalue weighted by atomic mass is 16.5. The van der Waals surface area contributed by atoms with Crippen LogP contribution in [0.3, 0.4) is 0 Å². The lowest BCUT2D eigenvalue weighted by molar-refractivity contribution is -0.0390. The van der Waals surface area contributed by atoms with Crippen LogP contribution in [-0.4, -0.2) is 77.4 Å². The van der Waals surface area contributed by atoms with Gasteiger partial charge in [-0.3, -0.25) is 14.8 Å². The van der Waals surface area contributed by atoms with Gasteiger partial charge in [-0.25, -0.2) is 0 Å². The van der Waals surface area contributed by atoms with Crippen LogP contribution < -0.4 is 5.32 Å². The van der Waals surface area contributed by atoms with Gasteiger partial charge < -0.3 is 15.0 Å². The van der Waals surface area contributed by atoms with E-state index in [0.29, 0.717) is 11.7 Å². The van der Waals surface area contributed by atoms with E-state index < -0.39 is 0 Å². The molecule has 0 aromatic carbocycles. The Hall–Kier alpha value is -1.44. The van der Waals surface area contributed by atoms with E-state index in [4.69, 9.17) is 4.74 Å². The first-order chi connectivity index (χ1) is 11.1. The fourth-order valence-electron chi connectivity index (χ4n) is 4.02. The summed E-state index contributed by atoms with van der Waals surface area (Å²) in [4.78, 5) is 17.3. The number of H-pyrrole nitrogens is 1. The van der Waals surface area contributed by atoms with Crippen molar-refractivity contribution >= 4 is 5.91 Å². The van der Waals surface area contributed by atoms with Gasteiger partial charge in [0, 0.05) is 55.9 Å². The van der Waals surface area contributed by atoms with E-state index in [-0.39, 0.29) is 18.1 Å². The molecule has 7 nitrogen and oxygen atoms in total. The second kappa shape index (κ2) is 5.89. The molecule has 7 heteroatoms. The minimum atomic E-state index is -0.0448. The van der Waals surface area contributed by atoms with Crippen molar-refractivity contribution in [1.29, 1.82) is 0 Å². The van der Waals surface area contributed by atoms with E-state index in [0.717, 1.165) is 56.9 Å². The van der Waals surface area contributed by atoms with Gasteiger partial charge in [-0.05, 0) is 20.4 Å². The number of carbonyl (C=O) groups is 1. The van der Waals surface area contributed by atoms with Crippen molar-refractivity contribution in [2.24, 2.45) is 0 Å². The molecule has 0 radical (unpaired) electrons. The van der Waals surface area contributed by atoms with Crippen LogP contribution in [0.2, 0.25) is 0 Å². The van der Waals surface area contributed by atoms with Crippen molar-refractivity contribution in [3.63, 3.8) is 0 Å². The van der Waals surface area contributed by atoms with E-state index >= 15 is 0 Å². The maximum atomic E-state index is 12.6. The number of aromatic nitrogens is 2. The zero-order valence-electron chi connectivity index (χ0n) is 13.8. The number of aromatic amines is 1. The molecule has 0 unspecified atom stereocenters. The number of nitrogens with one attached hydrogen (secondary N) is 2. The van der Waals surface area contributed by atoms with Gasteiger partial charge >= 0.3 is 0 Å². The van der Waals surface area contributed by atoms with Crippen LogP contribution in [-0.2, 0) is 17.7 Å². The summed E-state index contributed by atoms with van der Waals surface area (Å²) in [5, 5.41) is 10.5. The van der Waals surface area contributed by atoms with Crippen LogP contribution in [0.25, 0.3) is 0 Å². The molecule has 4 rings (SSSR count). The van der Waals surface area contributed by atoms with Gasteiger partial charge in [-0.2, -0.15) is 5.10 Å². The Labute approximate surface area is 136 Å². The number of ether oxygens (including phenoxy) is 1. The molecule has 3 atom stereocenters. The molecule has 1 aromatic rings. The first kappa shape index (κ1) is 15.1. The molecule has 2 N–H and O–H groups in total. The standard InChI is InChI=1S/C16H25N5O2/c1-10-6-21-7-11(5-12(21)9-23-10)17-16(22)15-13-8-20(2)4-3-14(13)18-19-15/h10-12H,3-9H2,1-2H3,(H,17,22)(H,18,19)/t10-,11+,12+/m1/s1. The molecule has 4 heterocycles. The van der Waals surface area contributed by atoms with Gasteiger partial charge in [0.1, 0.15) is 0 Å². The van der Waals surface area contributed by atoms with Crippen LogP contribution in [0.5, 0.6) is 0 Å². The van der Waals surface area contributed by atoms with Crippen LogP contribution in [0.15, 0.2) is 0 Å². The zero-order chi connectivity index (χ0) is 16.0. The van der Waals surface area contributed by atoms with E-state index in [1.807, 2.05) is 0 Å². The molecule has 126 valence electrons. The van der Waals surface area contributed by atoms with Gasteiger partial charge in [0.2, 0.25) is 0 Å². The zero-order valence-corrected chi connectivity index (χ0v) is 13.8. The molecular formula is C16H25N5O2. The average molecular weight is 319 g/mol. The molecule has 3 aliphatic heterocycles. The van der Waals surface area contributed by atoms with Gasteiger partial charge in [-0.15, -0.1) is 0 Å². The van der Waals surface area contributed by atoms with E-state index in [1.165, 1.54) is 0 Å². The fraction of sp³-hybridized carbons (Fsp3) is 0.750. The largest absolute Gasteiger partial charge is 0.376 e. The van der Waals surface area contributed by atoms with E-state index in [9.17, 15) is 4.79 Å². The van der Waals surface area contributed by atoms with Crippen LogP contribution >= 0.6 is 0 Å².